The van der Waals surface area contributed by atoms with E-state index in [1.165, 1.54) is 38.5 Å². The maximum Gasteiger partial charge on any atom is 0.156 e. The Kier molecular flexibility index (Phi) is 38.6. The fourth-order valence-corrected chi connectivity index (χ4v) is 2.01. The quantitative estimate of drug-likeness (QED) is 0.125. The first-order valence-corrected chi connectivity index (χ1v) is 10.2. The summed E-state index contributed by atoms with van der Waals surface area (Å²) in [5.41, 5.74) is 0. The number of rotatable bonds is 12. The maximum absolute atomic E-state index is 8.51. The van der Waals surface area contributed by atoms with Gasteiger partial charge in [-0.25, -0.2) is 0 Å². The summed E-state index contributed by atoms with van der Waals surface area (Å²) >= 11 is 13.4. The van der Waals surface area contributed by atoms with Crippen molar-refractivity contribution in [3.63, 3.8) is 0 Å². The van der Waals surface area contributed by atoms with Crippen molar-refractivity contribution in [1.29, 1.82) is 0 Å². The van der Waals surface area contributed by atoms with E-state index in [1.54, 1.807) is 0 Å². The number of hydrogen-bond donors (Lipinski definition) is 3. The summed E-state index contributed by atoms with van der Waals surface area (Å²) in [4.78, 5) is 0. The van der Waals surface area contributed by atoms with Crippen LogP contribution in [0.1, 0.15) is 97.8 Å². The van der Waals surface area contributed by atoms with Crippen LogP contribution in [-0.2, 0) is 22.4 Å². The molecule has 0 unspecified atom stereocenters. The van der Waals surface area contributed by atoms with E-state index in [4.69, 9.17) is 15.3 Å². The molecule has 0 heterocycles. The van der Waals surface area contributed by atoms with Gasteiger partial charge in [0.05, 0.1) is 0 Å². The van der Waals surface area contributed by atoms with Crippen molar-refractivity contribution in [2.45, 2.75) is 97.8 Å². The maximum atomic E-state index is 8.51. The van der Waals surface area contributed by atoms with E-state index < -0.39 is 0 Å². The second kappa shape index (κ2) is 29.2. The molecule has 0 aliphatic heterocycles. The van der Waals surface area contributed by atoms with Crippen LogP contribution < -0.4 is 0 Å². The van der Waals surface area contributed by atoms with Crippen LogP contribution in [0, 0.1) is 0 Å². The zero-order valence-corrected chi connectivity index (χ0v) is 20.5. The second-order valence-corrected chi connectivity index (χ2v) is 6.97. The van der Waals surface area contributed by atoms with E-state index in [1.807, 2.05) is 0 Å². The molecule has 0 atom stereocenters. The zero-order valence-electron chi connectivity index (χ0n) is 15.9. The molecular formula is C18H36AuO3S3. The van der Waals surface area contributed by atoms with E-state index in [2.05, 4.69) is 57.4 Å². The van der Waals surface area contributed by atoms with Crippen LogP contribution in [0.25, 0.3) is 0 Å². The number of thiocarbonyl (C=S) groups is 3. The van der Waals surface area contributed by atoms with Crippen molar-refractivity contribution < 1.29 is 37.7 Å². The van der Waals surface area contributed by atoms with Crippen LogP contribution >= 0.6 is 36.7 Å². The van der Waals surface area contributed by atoms with Gasteiger partial charge in [-0.1, -0.05) is 59.3 Å². The molecule has 0 amide bonds. The first kappa shape index (κ1) is 33.0. The van der Waals surface area contributed by atoms with Gasteiger partial charge in [0.25, 0.3) is 0 Å². The van der Waals surface area contributed by atoms with Gasteiger partial charge >= 0.3 is 0 Å². The molecule has 3 nitrogen and oxygen atoms in total. The number of hydrogen-bond acceptors (Lipinski definition) is 3. The standard InChI is InChI=1S/3C6H12OS.Au/c3*1-2-3-4-5-6(7)8;/h3*2-5H2,1H3,(H,7,8);. The van der Waals surface area contributed by atoms with Crippen LogP contribution in [0.2, 0.25) is 0 Å². The van der Waals surface area contributed by atoms with E-state index in [9.17, 15) is 0 Å². The van der Waals surface area contributed by atoms with Gasteiger partial charge in [0, 0.05) is 41.6 Å². The van der Waals surface area contributed by atoms with E-state index in [0.717, 1.165) is 19.3 Å². The Morgan fingerprint density at radius 1 is 0.520 bits per heavy atom. The Morgan fingerprint density at radius 3 is 0.840 bits per heavy atom. The molecule has 0 aliphatic carbocycles. The minimum absolute atomic E-state index is 0. The van der Waals surface area contributed by atoms with Gasteiger partial charge in [-0.2, -0.15) is 0 Å². The Balaban J connectivity index is -0.000000130. The van der Waals surface area contributed by atoms with Gasteiger partial charge in [-0.3, -0.25) is 0 Å². The van der Waals surface area contributed by atoms with Crippen LogP contribution in [0.5, 0.6) is 0 Å². The summed E-state index contributed by atoms with van der Waals surface area (Å²) < 4.78 is 0. The molecule has 0 fully saturated rings. The predicted molar refractivity (Wildman–Crippen MR) is 118 cm³/mol. The van der Waals surface area contributed by atoms with E-state index >= 15 is 0 Å². The second-order valence-electron chi connectivity index (χ2n) is 5.55. The molecule has 7 heteroatoms. The molecule has 0 rings (SSSR count). The summed E-state index contributed by atoms with van der Waals surface area (Å²) in [5.74, 6) is 0. The summed E-state index contributed by atoms with van der Waals surface area (Å²) in [6.45, 7) is 6.38. The van der Waals surface area contributed by atoms with Gasteiger partial charge in [0.15, 0.2) is 15.2 Å². The molecule has 0 bridgehead atoms. The molecule has 1 radical (unpaired) electrons. The van der Waals surface area contributed by atoms with Crippen molar-refractivity contribution in [2.24, 2.45) is 0 Å². The Morgan fingerprint density at radius 2 is 0.720 bits per heavy atom. The average molecular weight is 594 g/mol. The Hall–Kier alpha value is 0.410. The molecule has 0 saturated heterocycles. The van der Waals surface area contributed by atoms with Crippen molar-refractivity contribution in [1.82, 2.24) is 0 Å². The number of aliphatic hydroxyl groups excluding tert-OH is 3. The first-order chi connectivity index (χ1) is 11.3. The minimum Gasteiger partial charge on any atom is -0.502 e. The van der Waals surface area contributed by atoms with Gasteiger partial charge in [-0.05, 0) is 55.9 Å². The molecule has 0 aliphatic rings. The van der Waals surface area contributed by atoms with Crippen LogP contribution in [0.4, 0.5) is 0 Å². The van der Waals surface area contributed by atoms with Crippen molar-refractivity contribution in [3.8, 4) is 0 Å². The van der Waals surface area contributed by atoms with Crippen LogP contribution in [-0.4, -0.2) is 30.5 Å². The zero-order chi connectivity index (χ0) is 19.2. The van der Waals surface area contributed by atoms with Crippen molar-refractivity contribution in [2.75, 3.05) is 0 Å². The Labute approximate surface area is 186 Å². The molecular weight excluding hydrogens is 557 g/mol. The van der Waals surface area contributed by atoms with Gasteiger partial charge < -0.3 is 15.3 Å². The third-order valence-electron chi connectivity index (χ3n) is 2.98. The molecule has 3 N–H and O–H groups in total. The molecule has 0 spiro atoms. The van der Waals surface area contributed by atoms with Crippen molar-refractivity contribution in [3.05, 3.63) is 0 Å². The molecule has 0 aromatic carbocycles. The normalized spacial score (nSPS) is 8.76. The first-order valence-electron chi connectivity index (χ1n) is 8.97. The van der Waals surface area contributed by atoms with Gasteiger partial charge in [-0.15, -0.1) is 0 Å². The molecule has 155 valence electrons. The molecule has 25 heavy (non-hydrogen) atoms. The number of unbranched alkanes of at least 4 members (excludes halogenated alkanes) is 6. The summed E-state index contributed by atoms with van der Waals surface area (Å²) in [5, 5.41) is 26.0. The largest absolute Gasteiger partial charge is 0.502 e. The third kappa shape index (κ3) is 51.6. The Bertz CT molecular complexity index is 266. The molecule has 0 aromatic heterocycles. The average Bonchev–Trinajstić information content (AvgIpc) is 2.48. The monoisotopic (exact) mass is 593 g/mol. The SMILES string of the molecule is CCCCCC(O)=S.CCCCCC(O)=S.CCCCCC(O)=S.[Au]. The van der Waals surface area contributed by atoms with E-state index in [-0.39, 0.29) is 37.5 Å². The topological polar surface area (TPSA) is 60.7 Å². The van der Waals surface area contributed by atoms with E-state index in [0.29, 0.717) is 19.3 Å². The number of aliphatic hydroxyl groups is 3. The summed E-state index contributed by atoms with van der Waals surface area (Å²) in [6, 6.07) is 0. The molecule has 0 saturated carbocycles. The third-order valence-corrected chi connectivity index (χ3v) is 3.59. The van der Waals surface area contributed by atoms with Crippen LogP contribution in [0.3, 0.4) is 0 Å². The smallest absolute Gasteiger partial charge is 0.156 e. The van der Waals surface area contributed by atoms with Gasteiger partial charge in [0.1, 0.15) is 0 Å². The predicted octanol–water partition coefficient (Wildman–Crippen LogP) is 7.35. The summed E-state index contributed by atoms with van der Waals surface area (Å²) in [7, 11) is 0. The van der Waals surface area contributed by atoms with Crippen LogP contribution in [0.15, 0.2) is 0 Å². The fourth-order valence-electron chi connectivity index (χ4n) is 1.58. The fraction of sp³-hybridized carbons (Fsp3) is 0.833. The van der Waals surface area contributed by atoms with Gasteiger partial charge in [0.2, 0.25) is 0 Å². The minimum atomic E-state index is 0. The molecule has 0 aromatic rings. The van der Waals surface area contributed by atoms with Crippen molar-refractivity contribution >= 4 is 51.8 Å². The summed E-state index contributed by atoms with van der Waals surface area (Å²) in [6.07, 6.45) is 12.2.